The third-order valence-electron chi connectivity index (χ3n) is 4.57. The molecule has 3 rings (SSSR count). The van der Waals surface area contributed by atoms with E-state index in [9.17, 15) is 4.39 Å². The van der Waals surface area contributed by atoms with E-state index in [0.29, 0.717) is 6.04 Å². The SMILES string of the molecule is CNCc1cccc(F)c1N1CCC(N2CCCC2)C1. The van der Waals surface area contributed by atoms with Crippen LogP contribution in [0.4, 0.5) is 10.1 Å². The predicted molar refractivity (Wildman–Crippen MR) is 80.6 cm³/mol. The van der Waals surface area contributed by atoms with Gasteiger partial charge in [0.05, 0.1) is 5.69 Å². The van der Waals surface area contributed by atoms with Gasteiger partial charge in [0.15, 0.2) is 0 Å². The Kier molecular flexibility index (Phi) is 4.22. The summed E-state index contributed by atoms with van der Waals surface area (Å²) < 4.78 is 14.2. The molecule has 3 nitrogen and oxygen atoms in total. The molecule has 2 aliphatic rings. The first-order valence-corrected chi connectivity index (χ1v) is 7.70. The molecule has 4 heteroatoms. The van der Waals surface area contributed by atoms with Crippen molar-refractivity contribution in [1.29, 1.82) is 0 Å². The molecule has 2 heterocycles. The quantitative estimate of drug-likeness (QED) is 0.910. The van der Waals surface area contributed by atoms with Crippen molar-refractivity contribution >= 4 is 5.69 Å². The van der Waals surface area contributed by atoms with Gasteiger partial charge in [-0.3, -0.25) is 4.90 Å². The van der Waals surface area contributed by atoms with Gasteiger partial charge in [-0.25, -0.2) is 4.39 Å². The van der Waals surface area contributed by atoms with E-state index in [0.717, 1.165) is 37.3 Å². The maximum Gasteiger partial charge on any atom is 0.146 e. The zero-order valence-electron chi connectivity index (χ0n) is 12.2. The number of hydrogen-bond donors (Lipinski definition) is 1. The van der Waals surface area contributed by atoms with Crippen molar-refractivity contribution in [3.05, 3.63) is 29.6 Å². The minimum atomic E-state index is -0.0835. The maximum atomic E-state index is 14.2. The van der Waals surface area contributed by atoms with E-state index in [1.807, 2.05) is 13.1 Å². The monoisotopic (exact) mass is 277 g/mol. The molecular weight excluding hydrogens is 253 g/mol. The largest absolute Gasteiger partial charge is 0.367 e. The molecule has 1 aromatic rings. The lowest BCUT2D eigenvalue weighted by Crippen LogP contribution is -2.35. The second-order valence-electron chi connectivity index (χ2n) is 5.91. The average molecular weight is 277 g/mol. The Bertz CT molecular complexity index is 457. The van der Waals surface area contributed by atoms with Crippen molar-refractivity contribution in [2.24, 2.45) is 0 Å². The molecule has 0 radical (unpaired) electrons. The molecule has 2 saturated heterocycles. The first kappa shape index (κ1) is 13.8. The fourth-order valence-corrected chi connectivity index (χ4v) is 3.60. The number of para-hydroxylation sites is 1. The van der Waals surface area contributed by atoms with Crippen LogP contribution in [0.2, 0.25) is 0 Å². The van der Waals surface area contributed by atoms with E-state index in [-0.39, 0.29) is 5.82 Å². The molecule has 1 unspecified atom stereocenters. The lowest BCUT2D eigenvalue weighted by Gasteiger charge is -2.26. The van der Waals surface area contributed by atoms with E-state index in [2.05, 4.69) is 15.1 Å². The summed E-state index contributed by atoms with van der Waals surface area (Å²) in [5.74, 6) is -0.0835. The topological polar surface area (TPSA) is 18.5 Å². The summed E-state index contributed by atoms with van der Waals surface area (Å²) >= 11 is 0. The molecule has 0 spiro atoms. The number of rotatable bonds is 4. The van der Waals surface area contributed by atoms with E-state index in [1.54, 1.807) is 12.1 Å². The van der Waals surface area contributed by atoms with Gasteiger partial charge in [0.1, 0.15) is 5.82 Å². The van der Waals surface area contributed by atoms with Crippen molar-refractivity contribution in [2.45, 2.75) is 31.8 Å². The zero-order valence-corrected chi connectivity index (χ0v) is 12.2. The van der Waals surface area contributed by atoms with E-state index in [1.165, 1.54) is 25.9 Å². The van der Waals surface area contributed by atoms with Gasteiger partial charge < -0.3 is 10.2 Å². The van der Waals surface area contributed by atoms with Gasteiger partial charge in [0.2, 0.25) is 0 Å². The van der Waals surface area contributed by atoms with Gasteiger partial charge in [-0.15, -0.1) is 0 Å². The van der Waals surface area contributed by atoms with Gasteiger partial charge >= 0.3 is 0 Å². The van der Waals surface area contributed by atoms with Crippen molar-refractivity contribution in [1.82, 2.24) is 10.2 Å². The van der Waals surface area contributed by atoms with Crippen LogP contribution in [0.3, 0.4) is 0 Å². The zero-order chi connectivity index (χ0) is 13.9. The minimum absolute atomic E-state index is 0.0835. The predicted octanol–water partition coefficient (Wildman–Crippen LogP) is 2.22. The normalized spacial score (nSPS) is 23.7. The molecule has 1 atom stereocenters. The summed E-state index contributed by atoms with van der Waals surface area (Å²) in [6.07, 6.45) is 3.80. The minimum Gasteiger partial charge on any atom is -0.367 e. The molecule has 1 N–H and O–H groups in total. The van der Waals surface area contributed by atoms with Gasteiger partial charge in [0, 0.05) is 25.7 Å². The summed E-state index contributed by atoms with van der Waals surface area (Å²) in [7, 11) is 1.91. The molecule has 2 aliphatic heterocycles. The van der Waals surface area contributed by atoms with Crippen LogP contribution in [0.5, 0.6) is 0 Å². The summed E-state index contributed by atoms with van der Waals surface area (Å²) in [4.78, 5) is 4.82. The van der Waals surface area contributed by atoms with Crippen LogP contribution < -0.4 is 10.2 Å². The highest BCUT2D eigenvalue weighted by molar-refractivity contribution is 5.56. The van der Waals surface area contributed by atoms with Gasteiger partial charge in [-0.1, -0.05) is 12.1 Å². The second kappa shape index (κ2) is 6.10. The summed E-state index contributed by atoms with van der Waals surface area (Å²) in [5, 5.41) is 3.14. The van der Waals surface area contributed by atoms with Crippen molar-refractivity contribution in [3.63, 3.8) is 0 Å². The van der Waals surface area contributed by atoms with Crippen molar-refractivity contribution in [2.75, 3.05) is 38.1 Å². The van der Waals surface area contributed by atoms with Crippen LogP contribution in [0.15, 0.2) is 18.2 Å². The molecule has 1 aromatic carbocycles. The number of hydrogen-bond acceptors (Lipinski definition) is 3. The van der Waals surface area contributed by atoms with Crippen LogP contribution in [-0.4, -0.2) is 44.2 Å². The first-order chi connectivity index (χ1) is 9.79. The fraction of sp³-hybridized carbons (Fsp3) is 0.625. The Morgan fingerprint density at radius 1 is 1.25 bits per heavy atom. The van der Waals surface area contributed by atoms with Gasteiger partial charge in [0.25, 0.3) is 0 Å². The smallest absolute Gasteiger partial charge is 0.146 e. The lowest BCUT2D eigenvalue weighted by atomic mass is 10.1. The van der Waals surface area contributed by atoms with Crippen LogP contribution in [0.25, 0.3) is 0 Å². The molecule has 0 bridgehead atoms. The Hall–Kier alpha value is -1.13. The number of nitrogens with one attached hydrogen (secondary N) is 1. The van der Waals surface area contributed by atoms with E-state index < -0.39 is 0 Å². The molecule has 0 amide bonds. The number of benzene rings is 1. The highest BCUT2D eigenvalue weighted by Gasteiger charge is 2.31. The molecule has 110 valence electrons. The highest BCUT2D eigenvalue weighted by Crippen LogP contribution is 2.30. The third kappa shape index (κ3) is 2.67. The summed E-state index contributed by atoms with van der Waals surface area (Å²) in [6, 6.07) is 6.02. The lowest BCUT2D eigenvalue weighted by molar-refractivity contribution is 0.260. The number of likely N-dealkylation sites (tertiary alicyclic amines) is 1. The summed E-state index contributed by atoms with van der Waals surface area (Å²) in [6.45, 7) is 5.10. The number of anilines is 1. The Labute approximate surface area is 120 Å². The van der Waals surface area contributed by atoms with Gasteiger partial charge in [-0.05, 0) is 51.0 Å². The van der Waals surface area contributed by atoms with Gasteiger partial charge in [-0.2, -0.15) is 0 Å². The van der Waals surface area contributed by atoms with Crippen LogP contribution in [0, 0.1) is 5.82 Å². The number of nitrogens with zero attached hydrogens (tertiary/aromatic N) is 2. The molecular formula is C16H24FN3. The Morgan fingerprint density at radius 2 is 2.05 bits per heavy atom. The van der Waals surface area contributed by atoms with E-state index >= 15 is 0 Å². The average Bonchev–Trinajstić information content (AvgIpc) is 3.10. The fourth-order valence-electron chi connectivity index (χ4n) is 3.60. The standard InChI is InChI=1S/C16H24FN3/c1-18-11-13-5-4-6-15(17)16(13)20-10-7-14(12-20)19-8-2-3-9-19/h4-6,14,18H,2-3,7-12H2,1H3. The maximum absolute atomic E-state index is 14.2. The third-order valence-corrected chi connectivity index (χ3v) is 4.57. The number of halogens is 1. The molecule has 20 heavy (non-hydrogen) atoms. The van der Waals surface area contributed by atoms with Crippen LogP contribution >= 0.6 is 0 Å². The molecule has 0 aliphatic carbocycles. The summed E-state index contributed by atoms with van der Waals surface area (Å²) in [5.41, 5.74) is 1.87. The van der Waals surface area contributed by atoms with Crippen LogP contribution in [0.1, 0.15) is 24.8 Å². The molecule has 2 fully saturated rings. The van der Waals surface area contributed by atoms with E-state index in [4.69, 9.17) is 0 Å². The van der Waals surface area contributed by atoms with Crippen LogP contribution in [-0.2, 0) is 6.54 Å². The highest BCUT2D eigenvalue weighted by atomic mass is 19.1. The second-order valence-corrected chi connectivity index (χ2v) is 5.91. The Balaban J connectivity index is 1.76. The van der Waals surface area contributed by atoms with Crippen molar-refractivity contribution in [3.8, 4) is 0 Å². The molecule has 0 saturated carbocycles. The first-order valence-electron chi connectivity index (χ1n) is 7.70. The van der Waals surface area contributed by atoms with Crippen molar-refractivity contribution < 1.29 is 4.39 Å². The molecule has 0 aromatic heterocycles. The Morgan fingerprint density at radius 3 is 2.80 bits per heavy atom.